The minimum absolute atomic E-state index is 0.0434. The Morgan fingerprint density at radius 1 is 1.35 bits per heavy atom. The van der Waals surface area contributed by atoms with Crippen LogP contribution in [0.25, 0.3) is 0 Å². The number of amides is 1. The van der Waals surface area contributed by atoms with Gasteiger partial charge in [0.05, 0.1) is 10.7 Å². The number of nitrogens with two attached hydrogens (primary N) is 1. The second kappa shape index (κ2) is 5.55. The number of nitrogen functional groups attached to an aromatic ring is 1. The van der Waals surface area contributed by atoms with E-state index < -0.39 is 15.8 Å². The number of hydrogen-bond donors (Lipinski definition) is 2. The Morgan fingerprint density at radius 2 is 2.05 bits per heavy atom. The topological polar surface area (TPSA) is 92.5 Å². The third-order valence-electron chi connectivity index (χ3n) is 2.94. The molecule has 3 N–H and O–H groups in total. The summed E-state index contributed by atoms with van der Waals surface area (Å²) >= 11 is 5.79. The highest BCUT2D eigenvalue weighted by molar-refractivity contribution is 7.89. The van der Waals surface area contributed by atoms with Gasteiger partial charge in [-0.3, -0.25) is 4.79 Å². The quantitative estimate of drug-likeness (QED) is 0.779. The van der Waals surface area contributed by atoms with Crippen LogP contribution in [0, 0.1) is 5.82 Å². The number of anilines is 1. The molecular formula is C11H13ClFN3O3S. The predicted molar refractivity (Wildman–Crippen MR) is 72.2 cm³/mol. The molecule has 0 radical (unpaired) electrons. The fraction of sp³-hybridized carbons (Fsp3) is 0.364. The third-order valence-corrected chi connectivity index (χ3v) is 5.30. The van der Waals surface area contributed by atoms with E-state index in [1.165, 1.54) is 0 Å². The smallest absolute Gasteiger partial charge is 0.244 e. The van der Waals surface area contributed by atoms with Crippen LogP contribution in [0.15, 0.2) is 17.0 Å². The van der Waals surface area contributed by atoms with Gasteiger partial charge in [0.2, 0.25) is 15.9 Å². The van der Waals surface area contributed by atoms with Crippen molar-refractivity contribution in [2.24, 2.45) is 0 Å². The van der Waals surface area contributed by atoms with Gasteiger partial charge in [0.15, 0.2) is 0 Å². The summed E-state index contributed by atoms with van der Waals surface area (Å²) in [5, 5.41) is 2.33. The second-order valence-electron chi connectivity index (χ2n) is 4.31. The van der Waals surface area contributed by atoms with Gasteiger partial charge in [-0.2, -0.15) is 4.31 Å². The van der Waals surface area contributed by atoms with Crippen molar-refractivity contribution in [1.29, 1.82) is 0 Å². The third kappa shape index (κ3) is 2.87. The Labute approximate surface area is 120 Å². The number of nitrogens with one attached hydrogen (secondary N) is 1. The summed E-state index contributed by atoms with van der Waals surface area (Å²) in [6.45, 7) is 0.385. The number of hydrogen-bond acceptors (Lipinski definition) is 4. The van der Waals surface area contributed by atoms with Crippen molar-refractivity contribution in [2.75, 3.05) is 25.4 Å². The van der Waals surface area contributed by atoms with Gasteiger partial charge in [-0.15, -0.1) is 0 Å². The molecule has 6 nitrogen and oxygen atoms in total. The van der Waals surface area contributed by atoms with Gasteiger partial charge in [0.1, 0.15) is 10.7 Å². The Kier molecular flexibility index (Phi) is 4.17. The summed E-state index contributed by atoms with van der Waals surface area (Å²) in [6.07, 6.45) is 0.0630. The standard InChI is InChI=1S/C11H13ClFN3O3S/c12-7-5-8(13)9(14)6-10(7)20(18,19)16-3-1-11(17)15-2-4-16/h5-6H,1-4,14H2,(H,15,17). The lowest BCUT2D eigenvalue weighted by Crippen LogP contribution is -2.34. The van der Waals surface area contributed by atoms with Crippen LogP contribution >= 0.6 is 11.6 Å². The molecule has 1 aromatic carbocycles. The normalized spacial score (nSPS) is 17.6. The zero-order chi connectivity index (χ0) is 14.9. The molecule has 1 amide bonds. The van der Waals surface area contributed by atoms with Crippen molar-refractivity contribution >= 4 is 33.2 Å². The van der Waals surface area contributed by atoms with E-state index in [2.05, 4.69) is 5.32 Å². The zero-order valence-corrected chi connectivity index (χ0v) is 12.0. The van der Waals surface area contributed by atoms with Crippen molar-refractivity contribution in [2.45, 2.75) is 11.3 Å². The fourth-order valence-electron chi connectivity index (χ4n) is 1.87. The highest BCUT2D eigenvalue weighted by atomic mass is 35.5. The van der Waals surface area contributed by atoms with E-state index in [0.29, 0.717) is 0 Å². The lowest BCUT2D eigenvalue weighted by molar-refractivity contribution is -0.120. The van der Waals surface area contributed by atoms with Gasteiger partial charge < -0.3 is 11.1 Å². The molecule has 1 fully saturated rings. The Balaban J connectivity index is 2.39. The molecule has 0 saturated carbocycles. The van der Waals surface area contributed by atoms with Crippen LogP contribution in [0.5, 0.6) is 0 Å². The van der Waals surface area contributed by atoms with E-state index in [4.69, 9.17) is 17.3 Å². The van der Waals surface area contributed by atoms with Crippen LogP contribution in [0.4, 0.5) is 10.1 Å². The van der Waals surface area contributed by atoms with Crippen LogP contribution in [0.1, 0.15) is 6.42 Å². The minimum Gasteiger partial charge on any atom is -0.396 e. The van der Waals surface area contributed by atoms with Crippen LogP contribution in [-0.2, 0) is 14.8 Å². The summed E-state index contributed by atoms with van der Waals surface area (Å²) < 4.78 is 39.3. The van der Waals surface area contributed by atoms with Gasteiger partial charge >= 0.3 is 0 Å². The van der Waals surface area contributed by atoms with E-state index in [-0.39, 0.29) is 47.6 Å². The van der Waals surface area contributed by atoms with E-state index >= 15 is 0 Å². The van der Waals surface area contributed by atoms with E-state index in [1.54, 1.807) is 0 Å². The molecule has 1 heterocycles. The molecule has 0 spiro atoms. The summed E-state index contributed by atoms with van der Waals surface area (Å²) in [6, 6.07) is 1.86. The van der Waals surface area contributed by atoms with Crippen molar-refractivity contribution in [3.63, 3.8) is 0 Å². The lowest BCUT2D eigenvalue weighted by Gasteiger charge is -2.20. The SMILES string of the molecule is Nc1cc(S(=O)(=O)N2CCNC(=O)CC2)c(Cl)cc1F. The van der Waals surface area contributed by atoms with E-state index in [1.807, 2.05) is 0 Å². The van der Waals surface area contributed by atoms with Crippen molar-refractivity contribution in [3.05, 3.63) is 23.0 Å². The van der Waals surface area contributed by atoms with Crippen LogP contribution in [-0.4, -0.2) is 38.3 Å². The van der Waals surface area contributed by atoms with E-state index in [0.717, 1.165) is 16.4 Å². The average Bonchev–Trinajstić information content (AvgIpc) is 2.59. The Morgan fingerprint density at radius 3 is 2.75 bits per heavy atom. The molecule has 0 atom stereocenters. The van der Waals surface area contributed by atoms with Crippen molar-refractivity contribution in [1.82, 2.24) is 9.62 Å². The highest BCUT2D eigenvalue weighted by Crippen LogP contribution is 2.29. The molecule has 0 bridgehead atoms. The van der Waals surface area contributed by atoms with Gasteiger partial charge in [0.25, 0.3) is 0 Å². The summed E-state index contributed by atoms with van der Waals surface area (Å²) in [4.78, 5) is 11.0. The van der Waals surface area contributed by atoms with Gasteiger partial charge in [-0.05, 0) is 12.1 Å². The molecule has 1 saturated heterocycles. The largest absolute Gasteiger partial charge is 0.396 e. The Bertz CT molecular complexity index is 651. The summed E-state index contributed by atoms with van der Waals surface area (Å²) in [7, 11) is -3.92. The number of carbonyl (C=O) groups is 1. The first-order valence-electron chi connectivity index (χ1n) is 5.84. The maximum atomic E-state index is 13.2. The summed E-state index contributed by atoms with van der Waals surface area (Å²) in [5.41, 5.74) is 5.09. The highest BCUT2D eigenvalue weighted by Gasteiger charge is 2.29. The van der Waals surface area contributed by atoms with Crippen LogP contribution in [0.2, 0.25) is 5.02 Å². The van der Waals surface area contributed by atoms with E-state index in [9.17, 15) is 17.6 Å². The maximum absolute atomic E-state index is 13.2. The summed E-state index contributed by atoms with van der Waals surface area (Å²) in [5.74, 6) is -0.992. The molecular weight excluding hydrogens is 309 g/mol. The average molecular weight is 322 g/mol. The number of sulfonamides is 1. The number of rotatable bonds is 2. The van der Waals surface area contributed by atoms with Gasteiger partial charge in [-0.1, -0.05) is 11.6 Å². The molecule has 9 heteroatoms. The Hall–Kier alpha value is -1.38. The molecule has 20 heavy (non-hydrogen) atoms. The predicted octanol–water partition coefficient (Wildman–Crippen LogP) is 0.572. The molecule has 1 aliphatic rings. The van der Waals surface area contributed by atoms with Crippen LogP contribution < -0.4 is 11.1 Å². The first kappa shape index (κ1) is 15.0. The first-order valence-corrected chi connectivity index (χ1v) is 7.65. The number of nitrogens with zero attached hydrogens (tertiary/aromatic N) is 1. The monoisotopic (exact) mass is 321 g/mol. The number of benzene rings is 1. The molecule has 1 aliphatic heterocycles. The zero-order valence-electron chi connectivity index (χ0n) is 10.4. The molecule has 2 rings (SSSR count). The molecule has 1 aromatic rings. The molecule has 0 unspecified atom stereocenters. The number of carbonyl (C=O) groups excluding carboxylic acids is 1. The van der Waals surface area contributed by atoms with Crippen molar-refractivity contribution < 1.29 is 17.6 Å². The molecule has 0 aliphatic carbocycles. The molecule has 110 valence electrons. The molecule has 0 aromatic heterocycles. The van der Waals surface area contributed by atoms with Crippen LogP contribution in [0.3, 0.4) is 0 Å². The fourth-order valence-corrected chi connectivity index (χ4v) is 3.83. The second-order valence-corrected chi connectivity index (χ2v) is 6.62. The van der Waals surface area contributed by atoms with Gasteiger partial charge in [0, 0.05) is 26.1 Å². The lowest BCUT2D eigenvalue weighted by atomic mass is 10.3. The number of halogens is 2. The van der Waals surface area contributed by atoms with Crippen molar-refractivity contribution in [3.8, 4) is 0 Å². The first-order chi connectivity index (χ1) is 9.32. The minimum atomic E-state index is -3.92. The maximum Gasteiger partial charge on any atom is 0.244 e. The van der Waals surface area contributed by atoms with Gasteiger partial charge in [-0.25, -0.2) is 12.8 Å².